The molecule has 70 heavy (non-hydrogen) atoms. The molecular formula is C47H92N10O13. The summed E-state index contributed by atoms with van der Waals surface area (Å²) >= 11 is 0. The lowest BCUT2D eigenvalue weighted by Crippen LogP contribution is -2.43. The lowest BCUT2D eigenvalue weighted by molar-refractivity contribution is -0.122. The highest BCUT2D eigenvalue weighted by atomic mass is 16.6. The Labute approximate surface area is 418 Å². The maximum absolute atomic E-state index is 13.1. The van der Waals surface area contributed by atoms with Gasteiger partial charge in [-0.25, -0.2) is 15.1 Å². The van der Waals surface area contributed by atoms with Crippen LogP contribution in [0.4, 0.5) is 9.59 Å². The van der Waals surface area contributed by atoms with E-state index in [2.05, 4.69) is 49.4 Å². The molecule has 0 aliphatic heterocycles. The van der Waals surface area contributed by atoms with E-state index in [9.17, 15) is 38.4 Å². The van der Waals surface area contributed by atoms with Gasteiger partial charge in [0.15, 0.2) is 0 Å². The molecule has 0 fully saturated rings. The van der Waals surface area contributed by atoms with Gasteiger partial charge in [0.1, 0.15) is 13.2 Å². The molecule has 0 atom stereocenters. The first-order valence-corrected chi connectivity index (χ1v) is 24.6. The van der Waals surface area contributed by atoms with Crippen LogP contribution in [-0.2, 0) is 52.7 Å². The van der Waals surface area contributed by atoms with Gasteiger partial charge in [0.25, 0.3) is 0 Å². The molecule has 8 N–H and O–H groups in total. The molecule has 0 bridgehead atoms. The average Bonchev–Trinajstić information content (AvgIpc) is 3.30. The number of hydroxylamine groups is 2. The van der Waals surface area contributed by atoms with Crippen molar-refractivity contribution >= 4 is 47.6 Å². The molecule has 0 radical (unpaired) electrons. The van der Waals surface area contributed by atoms with Crippen LogP contribution in [0.3, 0.4) is 0 Å². The van der Waals surface area contributed by atoms with Gasteiger partial charge in [-0.3, -0.25) is 39.1 Å². The Hall–Kier alpha value is -5.26. The summed E-state index contributed by atoms with van der Waals surface area (Å²) < 4.78 is 16.5. The molecule has 0 aliphatic carbocycles. The van der Waals surface area contributed by atoms with Gasteiger partial charge in [-0.05, 0) is 58.3 Å². The van der Waals surface area contributed by atoms with E-state index < -0.39 is 12.2 Å². The molecule has 0 aromatic heterocycles. The quantitative estimate of drug-likeness (QED) is 0.0322. The number of ether oxygens (including phenoxy) is 3. The van der Waals surface area contributed by atoms with Crippen molar-refractivity contribution < 1.29 is 63.7 Å². The number of carbonyl (C=O) groups is 8. The number of nitrogens with one attached hydrogen (secondary N) is 8. The van der Waals surface area contributed by atoms with Gasteiger partial charge < -0.3 is 60.7 Å². The van der Waals surface area contributed by atoms with Crippen molar-refractivity contribution in [3.63, 3.8) is 0 Å². The number of nitrogens with zero attached hydrogens (tertiary/aromatic N) is 2. The minimum atomic E-state index is -0.662. The van der Waals surface area contributed by atoms with Crippen LogP contribution in [0.1, 0.15) is 133 Å². The molecule has 0 unspecified atom stereocenters. The van der Waals surface area contributed by atoms with E-state index in [1.54, 1.807) is 0 Å². The van der Waals surface area contributed by atoms with Crippen molar-refractivity contribution in [2.45, 2.75) is 131 Å². The molecule has 0 aliphatic rings. The highest BCUT2D eigenvalue weighted by Gasteiger charge is 2.18. The van der Waals surface area contributed by atoms with Crippen LogP contribution < -0.4 is 42.9 Å². The van der Waals surface area contributed by atoms with Gasteiger partial charge >= 0.3 is 12.2 Å². The SMILES string of the molecule is C.C=C(CCN(CCNC(=O)CCCCCNC(C)=O)C(=O)OCCOCCOC(=O)N(CCNC(=O)CCCCCNC(C)=O)CCNC(=O)CCCCCNC(C)=O)NOCCCCNOCC.[2HH]. The average molecular weight is 1010 g/mol. The van der Waals surface area contributed by atoms with E-state index in [0.29, 0.717) is 90.0 Å². The van der Waals surface area contributed by atoms with Crippen LogP contribution in [0.5, 0.6) is 0 Å². The Balaban J connectivity index is -0.0000231. The number of hydrogen-bond acceptors (Lipinski definition) is 15. The molecular weight excluding hydrogens is 913 g/mol. The Morgan fingerprint density at radius 3 is 1.24 bits per heavy atom. The molecule has 0 heterocycles. The fourth-order valence-electron chi connectivity index (χ4n) is 6.08. The summed E-state index contributed by atoms with van der Waals surface area (Å²) in [5, 5.41) is 16.6. The van der Waals surface area contributed by atoms with Crippen LogP contribution in [0, 0.1) is 0 Å². The molecule has 0 spiro atoms. The van der Waals surface area contributed by atoms with Crippen LogP contribution in [0.15, 0.2) is 12.3 Å². The summed E-state index contributed by atoms with van der Waals surface area (Å²) in [6.45, 7) is 14.7. The zero-order valence-electron chi connectivity index (χ0n) is 42.0. The predicted molar refractivity (Wildman–Crippen MR) is 268 cm³/mol. The smallest absolute Gasteiger partial charge is 0.409 e. The van der Waals surface area contributed by atoms with Gasteiger partial charge in [-0.15, -0.1) is 0 Å². The fourth-order valence-corrected chi connectivity index (χ4v) is 6.08. The summed E-state index contributed by atoms with van der Waals surface area (Å²) in [6.07, 6.45) is 8.24. The molecule has 408 valence electrons. The van der Waals surface area contributed by atoms with Crippen LogP contribution >= 0.6 is 0 Å². The Morgan fingerprint density at radius 1 is 0.443 bits per heavy atom. The number of hydrogen-bond donors (Lipinski definition) is 8. The van der Waals surface area contributed by atoms with Crippen molar-refractivity contribution in [2.75, 3.05) is 112 Å². The second-order valence-electron chi connectivity index (χ2n) is 16.1. The third kappa shape index (κ3) is 45.2. The monoisotopic (exact) mass is 1010 g/mol. The van der Waals surface area contributed by atoms with Crippen molar-refractivity contribution in [1.82, 2.24) is 52.7 Å². The summed E-state index contributed by atoms with van der Waals surface area (Å²) in [5.74, 6) is -0.763. The van der Waals surface area contributed by atoms with Crippen LogP contribution in [-0.4, -0.2) is 169 Å². The summed E-state index contributed by atoms with van der Waals surface area (Å²) in [6, 6.07) is 0. The highest BCUT2D eigenvalue weighted by molar-refractivity contribution is 5.77. The summed E-state index contributed by atoms with van der Waals surface area (Å²) in [5.41, 5.74) is 6.22. The van der Waals surface area contributed by atoms with Crippen molar-refractivity contribution in [3.8, 4) is 0 Å². The van der Waals surface area contributed by atoms with Gasteiger partial charge in [0.05, 0.1) is 26.4 Å². The van der Waals surface area contributed by atoms with E-state index in [0.717, 1.165) is 51.4 Å². The maximum atomic E-state index is 13.1. The zero-order chi connectivity index (χ0) is 51.2. The molecule has 23 nitrogen and oxygen atoms in total. The van der Waals surface area contributed by atoms with E-state index >= 15 is 0 Å². The molecule has 8 amide bonds. The van der Waals surface area contributed by atoms with Crippen molar-refractivity contribution in [2.24, 2.45) is 0 Å². The third-order valence-electron chi connectivity index (χ3n) is 9.82. The van der Waals surface area contributed by atoms with Crippen molar-refractivity contribution in [3.05, 3.63) is 12.3 Å². The third-order valence-corrected chi connectivity index (χ3v) is 9.82. The first-order chi connectivity index (χ1) is 33.2. The molecule has 0 aromatic rings. The largest absolute Gasteiger partial charge is 0.447 e. The number of rotatable bonds is 45. The van der Waals surface area contributed by atoms with Crippen LogP contribution in [0.25, 0.3) is 0 Å². The Bertz CT molecular complexity index is 1420. The first-order valence-electron chi connectivity index (χ1n) is 24.6. The standard InChI is InChI=1S/C46H86N10O13.CH4.H2/c1-6-68-53-25-16-17-33-69-54-38(2)21-29-55(30-26-50-42(60)18-10-7-13-22-47-39(3)57)45(63)66-36-34-65-35-37-67-46(64)56(31-27-51-43(61)19-11-8-14-23-48-40(4)58)32-28-52-44(62)20-12-9-15-24-49-41(5)59;;/h53-54H,2,6-37H2,1,3-5H3,(H,47,57)(H,48,58)(H,49,59)(H,50,60)(H,51,61)(H,52,62);1H4;1H/i;;1+1. The fraction of sp³-hybridized carbons (Fsp3) is 0.787. The van der Waals surface area contributed by atoms with E-state index in [1.165, 1.54) is 30.6 Å². The Morgan fingerprint density at radius 2 is 0.843 bits per heavy atom. The highest BCUT2D eigenvalue weighted by Crippen LogP contribution is 2.05. The number of carbonyl (C=O) groups excluding carboxylic acids is 8. The second kappa shape index (κ2) is 47.4. The molecule has 0 saturated heterocycles. The molecule has 0 aromatic carbocycles. The van der Waals surface area contributed by atoms with Crippen LogP contribution in [0.2, 0.25) is 0 Å². The molecule has 0 rings (SSSR count). The van der Waals surface area contributed by atoms with Gasteiger partial charge in [-0.1, -0.05) is 33.3 Å². The lowest BCUT2D eigenvalue weighted by atomic mass is 10.2. The first kappa shape index (κ1) is 66.8. The topological polar surface area (TPSA) is 285 Å². The van der Waals surface area contributed by atoms with Gasteiger partial charge in [0, 0.05) is 126 Å². The minimum absolute atomic E-state index is 0. The summed E-state index contributed by atoms with van der Waals surface area (Å²) in [4.78, 5) is 110. The lowest BCUT2D eigenvalue weighted by Gasteiger charge is -2.23. The number of unbranched alkanes of at least 4 members (excludes halogenated alkanes) is 7. The van der Waals surface area contributed by atoms with Crippen molar-refractivity contribution in [1.29, 1.82) is 0 Å². The minimum Gasteiger partial charge on any atom is -0.447 e. The Kier molecular flexibility index (Phi) is 45.3. The van der Waals surface area contributed by atoms with E-state index in [4.69, 9.17) is 23.9 Å². The maximum Gasteiger partial charge on any atom is 0.409 e. The number of amides is 8. The molecule has 23 heteroatoms. The normalized spacial score (nSPS) is 10.5. The second-order valence-corrected chi connectivity index (χ2v) is 16.1. The summed E-state index contributed by atoms with van der Waals surface area (Å²) in [7, 11) is 0. The van der Waals surface area contributed by atoms with E-state index in [-0.39, 0.29) is 117 Å². The van der Waals surface area contributed by atoms with Gasteiger partial charge in [-0.2, -0.15) is 0 Å². The molecule has 0 saturated carbocycles. The predicted octanol–water partition coefficient (Wildman–Crippen LogP) is 2.95. The van der Waals surface area contributed by atoms with Gasteiger partial charge in [0.2, 0.25) is 35.4 Å². The zero-order valence-corrected chi connectivity index (χ0v) is 42.0. The van der Waals surface area contributed by atoms with E-state index in [1.807, 2.05) is 6.92 Å².